The molecule has 5 nitrogen and oxygen atoms in total. The van der Waals surface area contributed by atoms with Crippen molar-refractivity contribution in [2.24, 2.45) is 0 Å². The van der Waals surface area contributed by atoms with Gasteiger partial charge in [0.25, 0.3) is 0 Å². The van der Waals surface area contributed by atoms with Crippen LogP contribution in [0.2, 0.25) is 5.02 Å². The molecule has 0 fully saturated rings. The number of rotatable bonds is 5. The number of aromatic nitrogens is 2. The van der Waals surface area contributed by atoms with Crippen molar-refractivity contribution in [3.05, 3.63) is 47.8 Å². The van der Waals surface area contributed by atoms with Crippen LogP contribution >= 0.6 is 23.8 Å². The predicted molar refractivity (Wildman–Crippen MR) is 87.0 cm³/mol. The van der Waals surface area contributed by atoms with Gasteiger partial charge in [0.2, 0.25) is 11.7 Å². The van der Waals surface area contributed by atoms with Crippen molar-refractivity contribution in [3.8, 4) is 11.4 Å². The maximum atomic E-state index is 5.86. The Morgan fingerprint density at radius 1 is 1.48 bits per heavy atom. The van der Waals surface area contributed by atoms with Crippen LogP contribution in [-0.2, 0) is 6.54 Å². The second-order valence-corrected chi connectivity index (χ2v) is 5.07. The molecule has 0 aliphatic carbocycles. The van der Waals surface area contributed by atoms with Crippen LogP contribution in [0.15, 0.2) is 41.4 Å². The summed E-state index contributed by atoms with van der Waals surface area (Å²) in [6, 6.07) is 7.26. The molecule has 21 heavy (non-hydrogen) atoms. The molecule has 2 rings (SSSR count). The van der Waals surface area contributed by atoms with Gasteiger partial charge in [0, 0.05) is 24.2 Å². The van der Waals surface area contributed by atoms with E-state index in [1.54, 1.807) is 25.3 Å². The third-order valence-electron chi connectivity index (χ3n) is 2.75. The molecule has 0 saturated heterocycles. The monoisotopic (exact) mass is 322 g/mol. The maximum absolute atomic E-state index is 5.86. The average molecular weight is 323 g/mol. The third kappa shape index (κ3) is 4.03. The summed E-state index contributed by atoms with van der Waals surface area (Å²) in [6.45, 7) is 4.73. The number of thiocarbonyl (C=S) groups is 1. The molecule has 0 aliphatic heterocycles. The lowest BCUT2D eigenvalue weighted by atomic mass is 10.2. The summed E-state index contributed by atoms with van der Waals surface area (Å²) < 4.78 is 5.26. The van der Waals surface area contributed by atoms with Crippen LogP contribution < -0.4 is 5.32 Å². The van der Waals surface area contributed by atoms with Gasteiger partial charge in [-0.3, -0.25) is 0 Å². The molecule has 0 radical (unpaired) electrons. The molecule has 0 unspecified atom stereocenters. The van der Waals surface area contributed by atoms with E-state index in [4.69, 9.17) is 28.3 Å². The van der Waals surface area contributed by atoms with Crippen LogP contribution in [0.25, 0.3) is 11.4 Å². The molecular weight excluding hydrogens is 308 g/mol. The maximum Gasteiger partial charge on any atom is 0.246 e. The highest BCUT2D eigenvalue weighted by molar-refractivity contribution is 7.80. The van der Waals surface area contributed by atoms with E-state index < -0.39 is 0 Å². The number of halogens is 1. The zero-order chi connectivity index (χ0) is 15.2. The Morgan fingerprint density at radius 2 is 2.19 bits per heavy atom. The van der Waals surface area contributed by atoms with E-state index in [0.29, 0.717) is 34.9 Å². The second kappa shape index (κ2) is 7.19. The lowest BCUT2D eigenvalue weighted by Crippen LogP contribution is -2.37. The molecular formula is C14H15ClN4OS. The van der Waals surface area contributed by atoms with Crippen molar-refractivity contribution < 1.29 is 4.52 Å². The smallest absolute Gasteiger partial charge is 0.246 e. The standard InChI is InChI=1S/C14H15ClN4OS/c1-3-8-19(14(21)16-2)9-12-17-13(18-20-12)10-4-6-11(15)7-5-10/h3-7H,1,8-9H2,2H3,(H,16,21). The third-order valence-corrected chi connectivity index (χ3v) is 3.46. The van der Waals surface area contributed by atoms with E-state index in [2.05, 4.69) is 22.0 Å². The molecule has 0 atom stereocenters. The normalized spacial score (nSPS) is 10.2. The van der Waals surface area contributed by atoms with Gasteiger partial charge in [-0.15, -0.1) is 6.58 Å². The largest absolute Gasteiger partial charge is 0.366 e. The second-order valence-electron chi connectivity index (χ2n) is 4.24. The van der Waals surface area contributed by atoms with Crippen molar-refractivity contribution in [3.63, 3.8) is 0 Å². The first-order valence-electron chi connectivity index (χ1n) is 6.30. The molecule has 7 heteroatoms. The topological polar surface area (TPSA) is 54.2 Å². The number of benzene rings is 1. The number of nitrogens with zero attached hydrogens (tertiary/aromatic N) is 3. The number of nitrogens with one attached hydrogen (secondary N) is 1. The summed E-state index contributed by atoms with van der Waals surface area (Å²) in [7, 11) is 1.77. The summed E-state index contributed by atoms with van der Waals surface area (Å²) in [5, 5.41) is 8.15. The van der Waals surface area contributed by atoms with Gasteiger partial charge < -0.3 is 14.7 Å². The molecule has 1 aromatic heterocycles. The van der Waals surface area contributed by atoms with Gasteiger partial charge in [0.15, 0.2) is 5.11 Å². The Morgan fingerprint density at radius 3 is 2.81 bits per heavy atom. The van der Waals surface area contributed by atoms with Crippen molar-refractivity contribution >= 4 is 28.9 Å². The zero-order valence-electron chi connectivity index (χ0n) is 11.5. The summed E-state index contributed by atoms with van der Waals surface area (Å²) in [6.07, 6.45) is 1.76. The van der Waals surface area contributed by atoms with Crippen LogP contribution in [0, 0.1) is 0 Å². The molecule has 0 spiro atoms. The first-order valence-corrected chi connectivity index (χ1v) is 7.08. The molecule has 0 amide bonds. The van der Waals surface area contributed by atoms with Gasteiger partial charge in [-0.1, -0.05) is 22.8 Å². The zero-order valence-corrected chi connectivity index (χ0v) is 13.1. The molecule has 1 heterocycles. The summed E-state index contributed by atoms with van der Waals surface area (Å²) in [5.41, 5.74) is 0.848. The fourth-order valence-electron chi connectivity index (χ4n) is 1.73. The lowest BCUT2D eigenvalue weighted by Gasteiger charge is -2.21. The Hall–Kier alpha value is -1.92. The quantitative estimate of drug-likeness (QED) is 0.675. The highest BCUT2D eigenvalue weighted by atomic mass is 35.5. The van der Waals surface area contributed by atoms with E-state index in [-0.39, 0.29) is 0 Å². The van der Waals surface area contributed by atoms with E-state index in [1.165, 1.54) is 0 Å². The SMILES string of the molecule is C=CCN(Cc1nc(-c2ccc(Cl)cc2)no1)C(=S)NC. The van der Waals surface area contributed by atoms with Crippen molar-refractivity contribution in [2.75, 3.05) is 13.6 Å². The van der Waals surface area contributed by atoms with Gasteiger partial charge in [0.05, 0.1) is 6.54 Å². The summed E-state index contributed by atoms with van der Waals surface area (Å²) in [5.74, 6) is 1.01. The van der Waals surface area contributed by atoms with E-state index in [1.807, 2.05) is 17.0 Å². The first kappa shape index (κ1) is 15.5. The van der Waals surface area contributed by atoms with Gasteiger partial charge in [0.1, 0.15) is 0 Å². The summed E-state index contributed by atoms with van der Waals surface area (Å²) in [4.78, 5) is 6.24. The van der Waals surface area contributed by atoms with Crippen molar-refractivity contribution in [2.45, 2.75) is 6.54 Å². The van der Waals surface area contributed by atoms with Crippen LogP contribution in [-0.4, -0.2) is 33.7 Å². The first-order chi connectivity index (χ1) is 10.1. The average Bonchev–Trinajstić information content (AvgIpc) is 2.95. The Bertz CT molecular complexity index is 626. The molecule has 110 valence electrons. The molecule has 0 aliphatic rings. The molecule has 1 N–H and O–H groups in total. The van der Waals surface area contributed by atoms with Gasteiger partial charge >= 0.3 is 0 Å². The van der Waals surface area contributed by atoms with Crippen LogP contribution in [0.3, 0.4) is 0 Å². The van der Waals surface area contributed by atoms with Crippen LogP contribution in [0.1, 0.15) is 5.89 Å². The Labute approximate surface area is 133 Å². The number of hydrogen-bond donors (Lipinski definition) is 1. The fourth-order valence-corrected chi connectivity index (χ4v) is 2.00. The van der Waals surface area contributed by atoms with Gasteiger partial charge in [-0.2, -0.15) is 4.98 Å². The highest BCUT2D eigenvalue weighted by Gasteiger charge is 2.14. The Kier molecular flexibility index (Phi) is 5.30. The van der Waals surface area contributed by atoms with Gasteiger partial charge in [-0.25, -0.2) is 0 Å². The minimum atomic E-state index is 0.423. The Balaban J connectivity index is 2.13. The van der Waals surface area contributed by atoms with Crippen LogP contribution in [0.5, 0.6) is 0 Å². The molecule has 0 bridgehead atoms. The van der Waals surface area contributed by atoms with Crippen LogP contribution in [0.4, 0.5) is 0 Å². The molecule has 0 saturated carbocycles. The predicted octanol–water partition coefficient (Wildman–Crippen LogP) is 2.88. The van der Waals surface area contributed by atoms with E-state index >= 15 is 0 Å². The fraction of sp³-hybridized carbons (Fsp3) is 0.214. The van der Waals surface area contributed by atoms with Gasteiger partial charge in [-0.05, 0) is 36.5 Å². The highest BCUT2D eigenvalue weighted by Crippen LogP contribution is 2.19. The molecule has 2 aromatic rings. The van der Waals surface area contributed by atoms with E-state index in [0.717, 1.165) is 5.56 Å². The summed E-state index contributed by atoms with van der Waals surface area (Å²) >= 11 is 11.1. The lowest BCUT2D eigenvalue weighted by molar-refractivity contribution is 0.323. The van der Waals surface area contributed by atoms with Crippen molar-refractivity contribution in [1.29, 1.82) is 0 Å². The minimum absolute atomic E-state index is 0.423. The minimum Gasteiger partial charge on any atom is -0.366 e. The molecule has 1 aromatic carbocycles. The van der Waals surface area contributed by atoms with Crippen molar-refractivity contribution in [1.82, 2.24) is 20.4 Å². The number of hydrogen-bond acceptors (Lipinski definition) is 4. The van der Waals surface area contributed by atoms with E-state index in [9.17, 15) is 0 Å².